The lowest BCUT2D eigenvalue weighted by Gasteiger charge is -2.44. The zero-order valence-electron chi connectivity index (χ0n) is 28.4. The van der Waals surface area contributed by atoms with Gasteiger partial charge in [0.2, 0.25) is 11.8 Å². The Kier molecular flexibility index (Phi) is 12.7. The molecule has 4 N–H and O–H groups in total. The van der Waals surface area contributed by atoms with E-state index in [0.717, 1.165) is 23.5 Å². The number of carbonyl (C=O) groups is 2. The lowest BCUT2D eigenvalue weighted by molar-refractivity contribution is -0.129. The van der Waals surface area contributed by atoms with Crippen molar-refractivity contribution in [3.05, 3.63) is 62.4 Å². The monoisotopic (exact) mass is 706 g/mol. The van der Waals surface area contributed by atoms with Crippen LogP contribution in [-0.2, 0) is 22.8 Å². The molecule has 0 bridgehead atoms. The molecule has 3 heterocycles. The Morgan fingerprint density at radius 1 is 1.09 bits per heavy atom. The van der Waals surface area contributed by atoms with Crippen molar-refractivity contribution in [3.63, 3.8) is 0 Å². The van der Waals surface area contributed by atoms with Crippen LogP contribution in [0.4, 0.5) is 5.69 Å². The smallest absolute Gasteiger partial charge is 0.330 e. The lowest BCUT2D eigenvalue weighted by atomic mass is 9.91. The van der Waals surface area contributed by atoms with Crippen molar-refractivity contribution in [1.82, 2.24) is 15.0 Å². The third kappa shape index (κ3) is 9.21. The molecule has 14 heteroatoms. The average molecular weight is 707 g/mol. The van der Waals surface area contributed by atoms with Crippen molar-refractivity contribution in [1.29, 1.82) is 0 Å². The SMILES string of the molecule is Cc1cn([C@@H]2C[C@H](C3(c4ccc(NC(=O)CCCCCC(=O)NO)cc4)SCCCS3)[C@@H](CO[Si](C)(C)C(C)(C)C)O2)c(=O)[nH]c1=O. The highest BCUT2D eigenvalue weighted by Crippen LogP contribution is 2.60. The number of hydroxylamine groups is 1. The maximum atomic E-state index is 13.0. The largest absolute Gasteiger partial charge is 0.414 e. The summed E-state index contributed by atoms with van der Waals surface area (Å²) in [4.78, 5) is 51.3. The predicted molar refractivity (Wildman–Crippen MR) is 191 cm³/mol. The molecule has 0 aliphatic carbocycles. The highest BCUT2D eigenvalue weighted by atomic mass is 32.2. The Hall–Kier alpha value is -2.36. The Morgan fingerprint density at radius 3 is 2.34 bits per heavy atom. The number of amides is 2. The van der Waals surface area contributed by atoms with Gasteiger partial charge >= 0.3 is 5.69 Å². The van der Waals surface area contributed by atoms with Gasteiger partial charge < -0.3 is 14.5 Å². The van der Waals surface area contributed by atoms with E-state index in [9.17, 15) is 19.2 Å². The van der Waals surface area contributed by atoms with E-state index in [1.165, 1.54) is 4.57 Å². The summed E-state index contributed by atoms with van der Waals surface area (Å²) in [5, 5.41) is 11.6. The number of aromatic nitrogens is 2. The zero-order chi connectivity index (χ0) is 34.4. The number of anilines is 1. The first-order valence-electron chi connectivity index (χ1n) is 16.4. The van der Waals surface area contributed by atoms with E-state index < -0.39 is 31.7 Å². The van der Waals surface area contributed by atoms with Crippen LogP contribution in [0.15, 0.2) is 40.1 Å². The average Bonchev–Trinajstić information content (AvgIpc) is 3.46. The first kappa shape index (κ1) is 37.5. The topological polar surface area (TPSA) is 152 Å². The second kappa shape index (κ2) is 15.9. The molecule has 0 spiro atoms. The summed E-state index contributed by atoms with van der Waals surface area (Å²) in [7, 11) is -2.11. The van der Waals surface area contributed by atoms with Gasteiger partial charge in [-0.05, 0) is 73.5 Å². The predicted octanol–water partition coefficient (Wildman–Crippen LogP) is 5.89. The number of aryl methyl sites for hydroxylation is 1. The quantitative estimate of drug-likeness (QED) is 0.0865. The number of hydrogen-bond acceptors (Lipinski definition) is 9. The number of carbonyl (C=O) groups excluding carboxylic acids is 2. The van der Waals surface area contributed by atoms with Gasteiger partial charge in [-0.15, -0.1) is 23.5 Å². The number of rotatable bonds is 13. The summed E-state index contributed by atoms with van der Waals surface area (Å²) in [5.74, 6) is 1.47. The molecule has 2 amide bonds. The van der Waals surface area contributed by atoms with Crippen molar-refractivity contribution < 1.29 is 24.0 Å². The van der Waals surface area contributed by atoms with E-state index in [-0.39, 0.29) is 33.5 Å². The third-order valence-electron chi connectivity index (χ3n) is 9.52. The zero-order valence-corrected chi connectivity index (χ0v) is 31.0. The van der Waals surface area contributed by atoms with Gasteiger partial charge in [-0.1, -0.05) is 39.3 Å². The molecule has 11 nitrogen and oxygen atoms in total. The summed E-state index contributed by atoms with van der Waals surface area (Å²) >= 11 is 3.82. The second-order valence-electron chi connectivity index (χ2n) is 14.0. The molecule has 1 aromatic heterocycles. The van der Waals surface area contributed by atoms with Crippen LogP contribution in [0.25, 0.3) is 0 Å². The summed E-state index contributed by atoms with van der Waals surface area (Å²) in [5.41, 5.74) is 3.04. The van der Waals surface area contributed by atoms with Gasteiger partial charge in [-0.25, -0.2) is 10.3 Å². The second-order valence-corrected chi connectivity index (χ2v) is 21.7. The Labute approximate surface area is 286 Å². The number of thioether (sulfide) groups is 2. The third-order valence-corrected chi connectivity index (χ3v) is 17.6. The summed E-state index contributed by atoms with van der Waals surface area (Å²) < 4.78 is 14.6. The Morgan fingerprint density at radius 2 is 1.72 bits per heavy atom. The van der Waals surface area contributed by atoms with E-state index in [0.29, 0.717) is 50.0 Å². The fourth-order valence-electron chi connectivity index (χ4n) is 5.72. The Bertz CT molecular complexity index is 1500. The highest BCUT2D eigenvalue weighted by Gasteiger charge is 2.53. The van der Waals surface area contributed by atoms with Crippen LogP contribution < -0.4 is 22.0 Å². The number of aromatic amines is 1. The summed E-state index contributed by atoms with van der Waals surface area (Å²) in [6.07, 6.45) is 4.98. The maximum Gasteiger partial charge on any atom is 0.330 e. The minimum atomic E-state index is -2.11. The van der Waals surface area contributed by atoms with Crippen LogP contribution in [0.1, 0.15) is 83.1 Å². The molecule has 0 saturated carbocycles. The van der Waals surface area contributed by atoms with Gasteiger partial charge in [0.1, 0.15) is 6.23 Å². The molecule has 1 aromatic carbocycles. The van der Waals surface area contributed by atoms with E-state index in [4.69, 9.17) is 14.4 Å². The van der Waals surface area contributed by atoms with Crippen molar-refractivity contribution in [2.24, 2.45) is 5.92 Å². The van der Waals surface area contributed by atoms with Crippen LogP contribution in [0.2, 0.25) is 18.1 Å². The number of nitrogens with one attached hydrogen (secondary N) is 3. The molecule has 3 atom stereocenters. The van der Waals surface area contributed by atoms with Gasteiger partial charge in [0.25, 0.3) is 5.56 Å². The normalized spacial score (nSPS) is 21.4. The fraction of sp³-hybridized carbons (Fsp3) is 0.636. The molecule has 47 heavy (non-hydrogen) atoms. The number of unbranched alkanes of at least 4 members (excludes halogenated alkanes) is 2. The molecule has 4 rings (SSSR count). The molecule has 2 fully saturated rings. The lowest BCUT2D eigenvalue weighted by Crippen LogP contribution is -2.45. The standard InChI is InChI=1S/C33H50N4O7S2Si/c1-22-20-37(31(41)35-30(22)40)29-19-25(26(44-29)21-43-47(5,6)32(2,3)4)33(45-17-10-18-46-33)23-13-15-24(16-14-23)34-27(38)11-8-7-9-12-28(39)36-42/h13-16,20,25-26,29,42H,7-12,17-19,21H2,1-6H3,(H,34,38)(H,36,39)(H,35,40,41)/t25-,26+,29-/m0/s1. The molecule has 2 aromatic rings. The van der Waals surface area contributed by atoms with Crippen molar-refractivity contribution >= 4 is 49.3 Å². The first-order valence-corrected chi connectivity index (χ1v) is 21.3. The molecular weight excluding hydrogens is 657 g/mol. The molecule has 0 radical (unpaired) electrons. The van der Waals surface area contributed by atoms with Crippen LogP contribution in [0.3, 0.4) is 0 Å². The number of H-pyrrole nitrogens is 1. The van der Waals surface area contributed by atoms with E-state index >= 15 is 0 Å². The fourth-order valence-corrected chi connectivity index (χ4v) is 10.5. The summed E-state index contributed by atoms with van der Waals surface area (Å²) in [6, 6.07) is 8.06. The molecular formula is C33H50N4O7S2Si. The van der Waals surface area contributed by atoms with E-state index in [1.807, 2.05) is 35.7 Å². The van der Waals surface area contributed by atoms with E-state index in [1.54, 1.807) is 18.6 Å². The van der Waals surface area contributed by atoms with Crippen LogP contribution in [0.5, 0.6) is 0 Å². The molecule has 260 valence electrons. The van der Waals surface area contributed by atoms with Gasteiger partial charge in [0.15, 0.2) is 8.32 Å². The van der Waals surface area contributed by atoms with Gasteiger partial charge in [-0.2, -0.15) is 0 Å². The molecule has 2 aliphatic rings. The number of hydrogen-bond donors (Lipinski definition) is 4. The van der Waals surface area contributed by atoms with Gasteiger partial charge in [-0.3, -0.25) is 29.1 Å². The van der Waals surface area contributed by atoms with Crippen molar-refractivity contribution in [2.45, 2.75) is 107 Å². The number of benzene rings is 1. The van der Waals surface area contributed by atoms with Gasteiger partial charge in [0.05, 0.1) is 16.8 Å². The number of ether oxygens (including phenoxy) is 1. The minimum absolute atomic E-state index is 0.0000542. The maximum absolute atomic E-state index is 13.0. The van der Waals surface area contributed by atoms with Crippen molar-refractivity contribution in [3.8, 4) is 0 Å². The Balaban J connectivity index is 1.57. The van der Waals surface area contributed by atoms with Crippen LogP contribution in [0, 0.1) is 12.8 Å². The molecule has 2 saturated heterocycles. The van der Waals surface area contributed by atoms with Crippen molar-refractivity contribution in [2.75, 3.05) is 23.4 Å². The van der Waals surface area contributed by atoms with Crippen LogP contribution in [-0.4, -0.2) is 59.1 Å². The highest BCUT2D eigenvalue weighted by molar-refractivity contribution is 8.18. The van der Waals surface area contributed by atoms with Gasteiger partial charge in [0, 0.05) is 42.6 Å². The molecule has 2 aliphatic heterocycles. The summed E-state index contributed by atoms with van der Waals surface area (Å²) in [6.45, 7) is 13.2. The van der Waals surface area contributed by atoms with E-state index in [2.05, 4.69) is 56.3 Å². The molecule has 0 unspecified atom stereocenters. The number of nitrogens with zero attached hydrogens (tertiary/aromatic N) is 1. The first-order chi connectivity index (χ1) is 22.2. The van der Waals surface area contributed by atoms with Crippen LogP contribution >= 0.6 is 23.5 Å². The minimum Gasteiger partial charge on any atom is -0.414 e.